The number of para-hydroxylation sites is 1. The van der Waals surface area contributed by atoms with Crippen LogP contribution in [0.3, 0.4) is 0 Å². The fourth-order valence-electron chi connectivity index (χ4n) is 2.84. The minimum absolute atomic E-state index is 0.160. The van der Waals surface area contributed by atoms with Gasteiger partial charge in [0.1, 0.15) is 16.9 Å². The zero-order valence-corrected chi connectivity index (χ0v) is 13.2. The molecule has 0 saturated heterocycles. The average Bonchev–Trinajstić information content (AvgIpc) is 3.00. The van der Waals surface area contributed by atoms with E-state index in [2.05, 4.69) is 34.3 Å². The first-order valence-corrected chi connectivity index (χ1v) is 7.91. The van der Waals surface area contributed by atoms with Crippen molar-refractivity contribution in [3.63, 3.8) is 0 Å². The summed E-state index contributed by atoms with van der Waals surface area (Å²) >= 11 is 0. The van der Waals surface area contributed by atoms with E-state index in [-0.39, 0.29) is 17.2 Å². The van der Waals surface area contributed by atoms with E-state index in [4.69, 9.17) is 4.42 Å². The van der Waals surface area contributed by atoms with Crippen molar-refractivity contribution in [1.82, 2.24) is 15.3 Å². The fourth-order valence-corrected chi connectivity index (χ4v) is 2.84. The van der Waals surface area contributed by atoms with Gasteiger partial charge < -0.3 is 14.7 Å². The van der Waals surface area contributed by atoms with Crippen LogP contribution in [0.15, 0.2) is 63.8 Å². The van der Waals surface area contributed by atoms with E-state index in [9.17, 15) is 4.79 Å². The Hall–Kier alpha value is -2.92. The van der Waals surface area contributed by atoms with Gasteiger partial charge in [-0.15, -0.1) is 0 Å². The third-order valence-corrected chi connectivity index (χ3v) is 4.16. The maximum atomic E-state index is 12.3. The molecule has 2 heterocycles. The molecule has 4 aromatic rings. The Morgan fingerprint density at radius 3 is 2.71 bits per heavy atom. The minimum Gasteiger partial charge on any atom is -0.449 e. The Labute approximate surface area is 138 Å². The zero-order valence-electron chi connectivity index (χ0n) is 13.2. The number of nitrogens with one attached hydrogen (secondary N) is 2. The van der Waals surface area contributed by atoms with Gasteiger partial charge >= 0.3 is 0 Å². The Morgan fingerprint density at radius 2 is 1.88 bits per heavy atom. The maximum Gasteiger partial charge on any atom is 0.294 e. The lowest BCUT2D eigenvalue weighted by molar-refractivity contribution is 0.558. The van der Waals surface area contributed by atoms with Crippen LogP contribution < -0.4 is 10.9 Å². The van der Waals surface area contributed by atoms with E-state index in [0.29, 0.717) is 23.5 Å². The fraction of sp³-hybridized carbons (Fsp3) is 0.158. The normalized spacial score (nSPS) is 12.7. The molecule has 2 aromatic carbocycles. The summed E-state index contributed by atoms with van der Waals surface area (Å²) in [5, 5.41) is 4.24. The Balaban J connectivity index is 1.65. The van der Waals surface area contributed by atoms with Crippen molar-refractivity contribution in [3.8, 4) is 0 Å². The summed E-state index contributed by atoms with van der Waals surface area (Å²) in [6.07, 6.45) is 0. The van der Waals surface area contributed by atoms with Gasteiger partial charge in [0.05, 0.1) is 6.54 Å². The molecule has 0 amide bonds. The SMILES string of the molecule is C[C@@H](NCc1nc2c(oc3ccccc32)c(=O)[nH]1)c1ccccc1. The number of rotatable bonds is 4. The van der Waals surface area contributed by atoms with Gasteiger partial charge in [-0.25, -0.2) is 4.98 Å². The topological polar surface area (TPSA) is 70.9 Å². The lowest BCUT2D eigenvalue weighted by Gasteiger charge is -2.13. The highest BCUT2D eigenvalue weighted by molar-refractivity contribution is 6.01. The first-order valence-electron chi connectivity index (χ1n) is 7.91. The Bertz CT molecular complexity index is 1050. The zero-order chi connectivity index (χ0) is 16.5. The smallest absolute Gasteiger partial charge is 0.294 e. The van der Waals surface area contributed by atoms with Gasteiger partial charge in [0, 0.05) is 11.4 Å². The molecule has 0 aliphatic carbocycles. The van der Waals surface area contributed by atoms with Crippen molar-refractivity contribution < 1.29 is 4.42 Å². The van der Waals surface area contributed by atoms with Crippen molar-refractivity contribution in [2.24, 2.45) is 0 Å². The lowest BCUT2D eigenvalue weighted by atomic mass is 10.1. The van der Waals surface area contributed by atoms with Crippen molar-refractivity contribution in [3.05, 3.63) is 76.3 Å². The molecule has 24 heavy (non-hydrogen) atoms. The van der Waals surface area contributed by atoms with Crippen LogP contribution in [-0.4, -0.2) is 9.97 Å². The van der Waals surface area contributed by atoms with Crippen molar-refractivity contribution in [1.29, 1.82) is 0 Å². The van der Waals surface area contributed by atoms with Gasteiger partial charge in [-0.1, -0.05) is 42.5 Å². The second-order valence-electron chi connectivity index (χ2n) is 5.80. The van der Waals surface area contributed by atoms with E-state index in [1.807, 2.05) is 42.5 Å². The third-order valence-electron chi connectivity index (χ3n) is 4.16. The molecule has 0 radical (unpaired) electrons. The molecule has 0 aliphatic heterocycles. The highest BCUT2D eigenvalue weighted by atomic mass is 16.3. The second kappa shape index (κ2) is 5.94. The number of H-pyrrole nitrogens is 1. The van der Waals surface area contributed by atoms with Crippen LogP contribution in [0.2, 0.25) is 0 Å². The molecule has 5 heteroatoms. The maximum absolute atomic E-state index is 12.3. The molecule has 4 rings (SSSR count). The summed E-state index contributed by atoms with van der Waals surface area (Å²) in [5.41, 5.74) is 2.50. The molecule has 0 saturated carbocycles. The van der Waals surface area contributed by atoms with Crippen LogP contribution in [0.25, 0.3) is 22.1 Å². The van der Waals surface area contributed by atoms with Crippen LogP contribution in [0, 0.1) is 0 Å². The standard InChI is InChI=1S/C19H17N3O2/c1-12(13-7-3-2-4-8-13)20-11-16-21-17-14-9-5-6-10-15(14)24-18(17)19(23)22-16/h2-10,12,20H,11H2,1H3,(H,21,22,23)/t12-/m1/s1. The summed E-state index contributed by atoms with van der Waals surface area (Å²) in [6.45, 7) is 2.56. The summed E-state index contributed by atoms with van der Waals surface area (Å²) in [7, 11) is 0. The molecule has 0 fully saturated rings. The molecule has 0 bridgehead atoms. The quantitative estimate of drug-likeness (QED) is 0.604. The molecule has 0 unspecified atom stereocenters. The number of aromatic nitrogens is 2. The second-order valence-corrected chi connectivity index (χ2v) is 5.80. The summed E-state index contributed by atoms with van der Waals surface area (Å²) in [5.74, 6) is 0.599. The van der Waals surface area contributed by atoms with Crippen LogP contribution in [-0.2, 0) is 6.54 Å². The highest BCUT2D eigenvalue weighted by Crippen LogP contribution is 2.24. The van der Waals surface area contributed by atoms with E-state index < -0.39 is 0 Å². The van der Waals surface area contributed by atoms with Crippen molar-refractivity contribution in [2.45, 2.75) is 19.5 Å². The summed E-state index contributed by atoms with van der Waals surface area (Å²) in [6, 6.07) is 17.9. The molecular weight excluding hydrogens is 302 g/mol. The number of aromatic amines is 1. The van der Waals surface area contributed by atoms with Gasteiger partial charge in [0.25, 0.3) is 5.56 Å². The van der Waals surface area contributed by atoms with Gasteiger partial charge in [-0.2, -0.15) is 0 Å². The summed E-state index contributed by atoms with van der Waals surface area (Å²) in [4.78, 5) is 19.6. The minimum atomic E-state index is -0.250. The monoisotopic (exact) mass is 319 g/mol. The van der Waals surface area contributed by atoms with Crippen LogP contribution in [0.4, 0.5) is 0 Å². The van der Waals surface area contributed by atoms with E-state index in [0.717, 1.165) is 5.39 Å². The molecule has 0 spiro atoms. The third kappa shape index (κ3) is 2.59. The lowest BCUT2D eigenvalue weighted by Crippen LogP contribution is -2.22. The number of furan rings is 1. The number of benzene rings is 2. The average molecular weight is 319 g/mol. The number of hydrogen-bond donors (Lipinski definition) is 2. The first-order chi connectivity index (χ1) is 11.7. The number of nitrogens with zero attached hydrogens (tertiary/aromatic N) is 1. The summed E-state index contributed by atoms with van der Waals surface area (Å²) < 4.78 is 5.61. The van der Waals surface area contributed by atoms with Gasteiger partial charge in [-0.3, -0.25) is 4.79 Å². The van der Waals surface area contributed by atoms with E-state index in [1.54, 1.807) is 0 Å². The molecule has 0 aliphatic rings. The van der Waals surface area contributed by atoms with Crippen LogP contribution in [0.1, 0.15) is 24.4 Å². The molecule has 2 N–H and O–H groups in total. The van der Waals surface area contributed by atoms with Crippen LogP contribution in [0.5, 0.6) is 0 Å². The van der Waals surface area contributed by atoms with Gasteiger partial charge in [-0.05, 0) is 24.6 Å². The van der Waals surface area contributed by atoms with E-state index in [1.165, 1.54) is 5.56 Å². The number of hydrogen-bond acceptors (Lipinski definition) is 4. The first kappa shape index (κ1) is 14.7. The molecule has 1 atom stereocenters. The Kier molecular flexibility index (Phi) is 3.63. The predicted octanol–water partition coefficient (Wildman–Crippen LogP) is 3.52. The molecular formula is C19H17N3O2. The largest absolute Gasteiger partial charge is 0.449 e. The number of fused-ring (bicyclic) bond motifs is 3. The Morgan fingerprint density at radius 1 is 1.12 bits per heavy atom. The molecule has 2 aromatic heterocycles. The van der Waals surface area contributed by atoms with Gasteiger partial charge in [0.2, 0.25) is 5.58 Å². The molecule has 5 nitrogen and oxygen atoms in total. The van der Waals surface area contributed by atoms with Crippen LogP contribution >= 0.6 is 0 Å². The van der Waals surface area contributed by atoms with Crippen molar-refractivity contribution >= 4 is 22.1 Å². The van der Waals surface area contributed by atoms with E-state index >= 15 is 0 Å². The van der Waals surface area contributed by atoms with Gasteiger partial charge in [0.15, 0.2) is 0 Å². The highest BCUT2D eigenvalue weighted by Gasteiger charge is 2.13. The van der Waals surface area contributed by atoms with Crippen molar-refractivity contribution in [2.75, 3.05) is 0 Å². The predicted molar refractivity (Wildman–Crippen MR) is 93.8 cm³/mol. The molecule has 120 valence electrons.